The molecule has 0 radical (unpaired) electrons. The van der Waals surface area contributed by atoms with Crippen LogP contribution in [-0.4, -0.2) is 44.8 Å². The summed E-state index contributed by atoms with van der Waals surface area (Å²) >= 11 is 0. The van der Waals surface area contributed by atoms with Crippen LogP contribution in [0.25, 0.3) is 0 Å². The fraction of sp³-hybridized carbons (Fsp3) is 0.389. The lowest BCUT2D eigenvalue weighted by molar-refractivity contribution is -0.122. The summed E-state index contributed by atoms with van der Waals surface area (Å²) in [5.74, 6) is -0.341. The van der Waals surface area contributed by atoms with Crippen LogP contribution in [0.2, 0.25) is 0 Å². The number of carbonyl (C=O) groups is 2. The summed E-state index contributed by atoms with van der Waals surface area (Å²) in [5, 5.41) is 6.31. The van der Waals surface area contributed by atoms with Crippen molar-refractivity contribution in [3.8, 4) is 0 Å². The Morgan fingerprint density at radius 2 is 2.10 bits per heavy atom. The highest BCUT2D eigenvalue weighted by atomic mass is 32.2. The van der Waals surface area contributed by atoms with Crippen molar-refractivity contribution in [2.24, 2.45) is 0 Å². The standard InChI is InChI=1S/C18H22N4O6S/c1-11-16(13(3)28-20-11)29(25,26)21-12(2)17(23)19-10-14-5-4-6-15(9-14)22-7-8-27-18(22)24/h4-6,9,12,21H,7-8,10H2,1-3H3,(H,19,23)/t12-/m0/s1. The number of ether oxygens (including phenoxy) is 1. The van der Waals surface area contributed by atoms with E-state index in [-0.39, 0.29) is 22.9 Å². The molecule has 1 atom stereocenters. The molecule has 1 aliphatic heterocycles. The molecule has 1 aliphatic rings. The molecule has 0 bridgehead atoms. The third-order valence-electron chi connectivity index (χ3n) is 4.41. The molecule has 29 heavy (non-hydrogen) atoms. The Morgan fingerprint density at radius 1 is 1.34 bits per heavy atom. The third-order valence-corrected chi connectivity index (χ3v) is 6.20. The zero-order valence-electron chi connectivity index (χ0n) is 16.3. The molecule has 1 aromatic heterocycles. The van der Waals surface area contributed by atoms with Crippen molar-refractivity contribution < 1.29 is 27.3 Å². The molecule has 1 saturated heterocycles. The smallest absolute Gasteiger partial charge is 0.414 e. The van der Waals surface area contributed by atoms with Crippen LogP contribution < -0.4 is 14.9 Å². The minimum atomic E-state index is -3.95. The third kappa shape index (κ3) is 4.57. The fourth-order valence-corrected chi connectivity index (χ4v) is 4.54. The van der Waals surface area contributed by atoms with E-state index in [2.05, 4.69) is 15.2 Å². The Kier molecular flexibility index (Phi) is 5.89. The predicted molar refractivity (Wildman–Crippen MR) is 103 cm³/mol. The monoisotopic (exact) mass is 422 g/mol. The maximum Gasteiger partial charge on any atom is 0.414 e. The second kappa shape index (κ2) is 8.21. The van der Waals surface area contributed by atoms with Gasteiger partial charge in [-0.2, -0.15) is 4.72 Å². The predicted octanol–water partition coefficient (Wildman–Crippen LogP) is 1.23. The first-order valence-electron chi connectivity index (χ1n) is 8.95. The van der Waals surface area contributed by atoms with Gasteiger partial charge in [-0.05, 0) is 38.5 Å². The van der Waals surface area contributed by atoms with Crippen molar-refractivity contribution in [3.05, 3.63) is 41.3 Å². The molecule has 0 unspecified atom stereocenters. The minimum Gasteiger partial charge on any atom is -0.447 e. The molecule has 0 spiro atoms. The largest absolute Gasteiger partial charge is 0.447 e. The first-order valence-corrected chi connectivity index (χ1v) is 10.4. The number of benzene rings is 1. The summed E-state index contributed by atoms with van der Waals surface area (Å²) in [6, 6.07) is 6.10. The van der Waals surface area contributed by atoms with Crippen LogP contribution in [0.4, 0.5) is 10.5 Å². The number of rotatable bonds is 7. The summed E-state index contributed by atoms with van der Waals surface area (Å²) in [5.41, 5.74) is 1.66. The van der Waals surface area contributed by atoms with E-state index in [1.54, 1.807) is 24.3 Å². The second-order valence-corrected chi connectivity index (χ2v) is 8.30. The van der Waals surface area contributed by atoms with E-state index in [4.69, 9.17) is 9.26 Å². The average Bonchev–Trinajstić information content (AvgIpc) is 3.24. The van der Waals surface area contributed by atoms with Crippen LogP contribution >= 0.6 is 0 Å². The van der Waals surface area contributed by atoms with Gasteiger partial charge in [-0.3, -0.25) is 9.69 Å². The molecule has 10 nitrogen and oxygen atoms in total. The van der Waals surface area contributed by atoms with Crippen LogP contribution in [0.3, 0.4) is 0 Å². The molecule has 1 aromatic carbocycles. The van der Waals surface area contributed by atoms with Gasteiger partial charge in [0.1, 0.15) is 17.2 Å². The first-order chi connectivity index (χ1) is 13.7. The molecule has 0 saturated carbocycles. The van der Waals surface area contributed by atoms with Gasteiger partial charge < -0.3 is 14.6 Å². The Bertz CT molecular complexity index is 1010. The Balaban J connectivity index is 1.61. The number of cyclic esters (lactones) is 1. The van der Waals surface area contributed by atoms with Crippen molar-refractivity contribution in [1.29, 1.82) is 0 Å². The molecule has 0 aliphatic carbocycles. The summed E-state index contributed by atoms with van der Waals surface area (Å²) in [4.78, 5) is 25.5. The summed E-state index contributed by atoms with van der Waals surface area (Å²) < 4.78 is 37.1. The second-order valence-electron chi connectivity index (χ2n) is 6.65. The zero-order chi connectivity index (χ0) is 21.2. The molecule has 2 N–H and O–H groups in total. The number of amides is 2. The highest BCUT2D eigenvalue weighted by molar-refractivity contribution is 7.89. The highest BCUT2D eigenvalue weighted by Crippen LogP contribution is 2.20. The van der Waals surface area contributed by atoms with E-state index in [9.17, 15) is 18.0 Å². The van der Waals surface area contributed by atoms with Gasteiger partial charge in [-0.1, -0.05) is 17.3 Å². The van der Waals surface area contributed by atoms with Crippen LogP contribution in [0.1, 0.15) is 23.9 Å². The molecule has 1 fully saturated rings. The number of nitrogens with one attached hydrogen (secondary N) is 2. The first kappa shape index (κ1) is 20.8. The number of hydrogen-bond donors (Lipinski definition) is 2. The lowest BCUT2D eigenvalue weighted by atomic mass is 10.2. The molecule has 3 rings (SSSR count). The number of aromatic nitrogens is 1. The minimum absolute atomic E-state index is 0.0673. The van der Waals surface area contributed by atoms with Gasteiger partial charge >= 0.3 is 6.09 Å². The molecule has 2 amide bonds. The fourth-order valence-electron chi connectivity index (χ4n) is 3.01. The van der Waals surface area contributed by atoms with Gasteiger partial charge in [0.05, 0.1) is 12.6 Å². The van der Waals surface area contributed by atoms with Crippen molar-refractivity contribution >= 4 is 27.7 Å². The lowest BCUT2D eigenvalue weighted by Gasteiger charge is -2.16. The number of sulfonamides is 1. The number of carbonyl (C=O) groups excluding carboxylic acids is 2. The van der Waals surface area contributed by atoms with Gasteiger partial charge in [0.15, 0.2) is 5.76 Å². The van der Waals surface area contributed by atoms with Gasteiger partial charge in [0.2, 0.25) is 15.9 Å². The van der Waals surface area contributed by atoms with E-state index in [0.29, 0.717) is 18.8 Å². The summed E-state index contributed by atoms with van der Waals surface area (Å²) in [6.45, 7) is 5.42. The van der Waals surface area contributed by atoms with Crippen molar-refractivity contribution in [1.82, 2.24) is 15.2 Å². The molecule has 2 heterocycles. The van der Waals surface area contributed by atoms with Gasteiger partial charge in [-0.25, -0.2) is 13.2 Å². The SMILES string of the molecule is Cc1noc(C)c1S(=O)(=O)N[C@@H](C)C(=O)NCc1cccc(N2CCOC2=O)c1. The maximum atomic E-state index is 12.5. The van der Waals surface area contributed by atoms with E-state index >= 15 is 0 Å². The van der Waals surface area contributed by atoms with Crippen molar-refractivity contribution in [2.75, 3.05) is 18.1 Å². The summed E-state index contributed by atoms with van der Waals surface area (Å²) in [7, 11) is -3.95. The van der Waals surface area contributed by atoms with Gasteiger partial charge in [0.25, 0.3) is 0 Å². The van der Waals surface area contributed by atoms with Gasteiger partial charge in [-0.15, -0.1) is 0 Å². The lowest BCUT2D eigenvalue weighted by Crippen LogP contribution is -2.44. The van der Waals surface area contributed by atoms with Crippen LogP contribution in [0.15, 0.2) is 33.7 Å². The number of hydrogen-bond acceptors (Lipinski definition) is 7. The quantitative estimate of drug-likeness (QED) is 0.686. The number of aryl methyl sites for hydroxylation is 2. The molecule has 156 valence electrons. The van der Waals surface area contributed by atoms with Crippen LogP contribution in [0.5, 0.6) is 0 Å². The average molecular weight is 422 g/mol. The number of anilines is 1. The Morgan fingerprint density at radius 3 is 2.72 bits per heavy atom. The van der Waals surface area contributed by atoms with Gasteiger partial charge in [0, 0.05) is 12.2 Å². The van der Waals surface area contributed by atoms with E-state index in [0.717, 1.165) is 5.56 Å². The van der Waals surface area contributed by atoms with Crippen molar-refractivity contribution in [3.63, 3.8) is 0 Å². The Hall–Kier alpha value is -2.92. The Labute approximate surface area is 168 Å². The van der Waals surface area contributed by atoms with E-state index < -0.39 is 28.1 Å². The van der Waals surface area contributed by atoms with E-state index in [1.165, 1.54) is 25.7 Å². The van der Waals surface area contributed by atoms with Crippen molar-refractivity contribution in [2.45, 2.75) is 38.3 Å². The van der Waals surface area contributed by atoms with Crippen LogP contribution in [0, 0.1) is 13.8 Å². The molecular weight excluding hydrogens is 400 g/mol. The normalized spacial score (nSPS) is 15.3. The maximum absolute atomic E-state index is 12.5. The molecular formula is C18H22N4O6S. The molecule has 11 heteroatoms. The summed E-state index contributed by atoms with van der Waals surface area (Å²) in [6.07, 6.45) is -0.409. The number of nitrogens with zero attached hydrogens (tertiary/aromatic N) is 2. The molecule has 2 aromatic rings. The highest BCUT2D eigenvalue weighted by Gasteiger charge is 2.28. The zero-order valence-corrected chi connectivity index (χ0v) is 17.1. The van der Waals surface area contributed by atoms with E-state index in [1.807, 2.05) is 0 Å². The topological polar surface area (TPSA) is 131 Å². The van der Waals surface area contributed by atoms with Crippen LogP contribution in [-0.2, 0) is 26.1 Å².